The molecule has 1 rings (SSSR count). The first kappa shape index (κ1) is 9.48. The van der Waals surface area contributed by atoms with Crippen LogP contribution in [0.25, 0.3) is 0 Å². The zero-order chi connectivity index (χ0) is 8.81. The molecule has 70 valence electrons. The first-order valence-corrected chi connectivity index (χ1v) is 4.08. The number of carbonyl (C=O) groups excluding carboxylic acids is 1. The van der Waals surface area contributed by atoms with E-state index in [0.29, 0.717) is 13.2 Å². The van der Waals surface area contributed by atoms with Crippen LogP contribution in [0.3, 0.4) is 0 Å². The van der Waals surface area contributed by atoms with Gasteiger partial charge in [0.15, 0.2) is 6.79 Å². The van der Waals surface area contributed by atoms with E-state index in [1.165, 1.54) is 7.11 Å². The van der Waals surface area contributed by atoms with Crippen molar-refractivity contribution in [3.8, 4) is 0 Å². The Morgan fingerprint density at radius 1 is 1.50 bits per heavy atom. The van der Waals surface area contributed by atoms with E-state index in [9.17, 15) is 4.79 Å². The van der Waals surface area contributed by atoms with Crippen LogP contribution in [0.1, 0.15) is 12.8 Å². The van der Waals surface area contributed by atoms with Gasteiger partial charge in [-0.25, -0.2) is 0 Å². The second-order valence-corrected chi connectivity index (χ2v) is 2.76. The van der Waals surface area contributed by atoms with Gasteiger partial charge in [-0.1, -0.05) is 0 Å². The van der Waals surface area contributed by atoms with Gasteiger partial charge in [0.1, 0.15) is 0 Å². The molecule has 0 aromatic carbocycles. The monoisotopic (exact) mass is 174 g/mol. The Balaban J connectivity index is 2.20. The van der Waals surface area contributed by atoms with E-state index in [1.807, 2.05) is 0 Å². The number of hydrogen-bond donors (Lipinski definition) is 0. The molecular formula is C8H14O4. The van der Waals surface area contributed by atoms with Gasteiger partial charge in [0.05, 0.1) is 5.92 Å². The smallest absolute Gasteiger partial charge is 0.311 e. The minimum absolute atomic E-state index is 0.00824. The summed E-state index contributed by atoms with van der Waals surface area (Å²) in [7, 11) is 1.50. The first-order valence-electron chi connectivity index (χ1n) is 4.08. The van der Waals surface area contributed by atoms with Gasteiger partial charge in [0.25, 0.3) is 0 Å². The molecule has 0 atom stereocenters. The van der Waals surface area contributed by atoms with Crippen LogP contribution in [-0.2, 0) is 19.0 Å². The molecule has 0 N–H and O–H groups in total. The highest BCUT2D eigenvalue weighted by Crippen LogP contribution is 2.15. The lowest BCUT2D eigenvalue weighted by Gasteiger charge is -2.19. The third-order valence-electron chi connectivity index (χ3n) is 1.87. The lowest BCUT2D eigenvalue weighted by molar-refractivity contribution is -0.162. The highest BCUT2D eigenvalue weighted by Gasteiger charge is 2.22. The summed E-state index contributed by atoms with van der Waals surface area (Å²) in [6.45, 7) is 1.37. The van der Waals surface area contributed by atoms with Crippen molar-refractivity contribution in [1.29, 1.82) is 0 Å². The maximum absolute atomic E-state index is 11.2. The quantitative estimate of drug-likeness (QED) is 0.463. The molecule has 0 aromatic rings. The Morgan fingerprint density at radius 3 is 2.75 bits per heavy atom. The standard InChI is InChI=1S/C8H14O4/c1-10-6-12-8(9)7-2-4-11-5-3-7/h7H,2-6H2,1H3. The fourth-order valence-corrected chi connectivity index (χ4v) is 1.17. The van der Waals surface area contributed by atoms with Crippen molar-refractivity contribution in [1.82, 2.24) is 0 Å². The molecule has 4 nitrogen and oxygen atoms in total. The van der Waals surface area contributed by atoms with Gasteiger partial charge in [0, 0.05) is 20.3 Å². The fraction of sp³-hybridized carbons (Fsp3) is 0.875. The summed E-state index contributed by atoms with van der Waals surface area (Å²) < 4.78 is 14.6. The molecule has 1 aliphatic heterocycles. The molecule has 0 aromatic heterocycles. The summed E-state index contributed by atoms with van der Waals surface area (Å²) in [5, 5.41) is 0. The molecular weight excluding hydrogens is 160 g/mol. The zero-order valence-electron chi connectivity index (χ0n) is 7.25. The largest absolute Gasteiger partial charge is 0.438 e. The first-order chi connectivity index (χ1) is 5.84. The zero-order valence-corrected chi connectivity index (χ0v) is 7.25. The summed E-state index contributed by atoms with van der Waals surface area (Å²) in [5.74, 6) is -0.158. The molecule has 0 radical (unpaired) electrons. The summed E-state index contributed by atoms with van der Waals surface area (Å²) >= 11 is 0. The Bertz CT molecular complexity index is 140. The topological polar surface area (TPSA) is 44.8 Å². The van der Waals surface area contributed by atoms with E-state index in [4.69, 9.17) is 9.47 Å². The molecule has 0 saturated carbocycles. The van der Waals surface area contributed by atoms with Crippen LogP contribution in [0.2, 0.25) is 0 Å². The number of hydrogen-bond acceptors (Lipinski definition) is 4. The maximum atomic E-state index is 11.2. The number of esters is 1. The summed E-state index contributed by atoms with van der Waals surface area (Å²) in [5.41, 5.74) is 0. The third kappa shape index (κ3) is 2.79. The Labute approximate surface area is 71.8 Å². The molecule has 12 heavy (non-hydrogen) atoms. The Morgan fingerprint density at radius 2 is 2.17 bits per heavy atom. The molecule has 0 spiro atoms. The van der Waals surface area contributed by atoms with Gasteiger partial charge >= 0.3 is 5.97 Å². The molecule has 0 aliphatic carbocycles. The Kier molecular flexibility index (Phi) is 4.04. The summed E-state index contributed by atoms with van der Waals surface area (Å²) in [6.07, 6.45) is 1.53. The molecule has 1 heterocycles. The third-order valence-corrected chi connectivity index (χ3v) is 1.87. The van der Waals surface area contributed by atoms with Crippen molar-refractivity contribution in [3.63, 3.8) is 0 Å². The van der Waals surface area contributed by atoms with E-state index >= 15 is 0 Å². The van der Waals surface area contributed by atoms with E-state index in [0.717, 1.165) is 12.8 Å². The van der Waals surface area contributed by atoms with E-state index in [1.54, 1.807) is 0 Å². The van der Waals surface area contributed by atoms with Gasteiger partial charge < -0.3 is 14.2 Å². The van der Waals surface area contributed by atoms with Gasteiger partial charge in [-0.05, 0) is 12.8 Å². The van der Waals surface area contributed by atoms with Gasteiger partial charge in [-0.15, -0.1) is 0 Å². The van der Waals surface area contributed by atoms with Crippen molar-refractivity contribution in [2.75, 3.05) is 27.1 Å². The highest BCUT2D eigenvalue weighted by atomic mass is 16.7. The van der Waals surface area contributed by atoms with Gasteiger partial charge in [-0.3, -0.25) is 4.79 Å². The average molecular weight is 174 g/mol. The minimum Gasteiger partial charge on any atom is -0.438 e. The van der Waals surface area contributed by atoms with Crippen molar-refractivity contribution in [2.45, 2.75) is 12.8 Å². The second kappa shape index (κ2) is 5.11. The molecule has 1 fully saturated rings. The summed E-state index contributed by atoms with van der Waals surface area (Å²) in [6, 6.07) is 0. The van der Waals surface area contributed by atoms with Crippen molar-refractivity contribution >= 4 is 5.97 Å². The fourth-order valence-electron chi connectivity index (χ4n) is 1.17. The highest BCUT2D eigenvalue weighted by molar-refractivity contribution is 5.72. The van der Waals surface area contributed by atoms with Crippen LogP contribution in [0.15, 0.2) is 0 Å². The molecule has 0 bridgehead atoms. The SMILES string of the molecule is COCOC(=O)C1CCOCC1. The number of rotatable bonds is 3. The summed E-state index contributed by atoms with van der Waals surface area (Å²) in [4.78, 5) is 11.2. The van der Waals surface area contributed by atoms with Gasteiger partial charge in [-0.2, -0.15) is 0 Å². The predicted molar refractivity (Wildman–Crippen MR) is 41.5 cm³/mol. The maximum Gasteiger partial charge on any atom is 0.311 e. The second-order valence-electron chi connectivity index (χ2n) is 2.76. The average Bonchev–Trinajstić information content (AvgIpc) is 2.15. The van der Waals surface area contributed by atoms with Crippen molar-refractivity contribution in [3.05, 3.63) is 0 Å². The van der Waals surface area contributed by atoms with Crippen LogP contribution >= 0.6 is 0 Å². The van der Waals surface area contributed by atoms with Crippen LogP contribution in [-0.4, -0.2) is 33.1 Å². The number of methoxy groups -OCH3 is 1. The van der Waals surface area contributed by atoms with Crippen molar-refractivity contribution in [2.24, 2.45) is 5.92 Å². The van der Waals surface area contributed by atoms with Gasteiger partial charge in [0.2, 0.25) is 0 Å². The normalized spacial score (nSPS) is 19.1. The molecule has 0 unspecified atom stereocenters. The van der Waals surface area contributed by atoms with Crippen LogP contribution in [0.5, 0.6) is 0 Å². The van der Waals surface area contributed by atoms with E-state index in [-0.39, 0.29) is 18.7 Å². The molecule has 4 heteroatoms. The molecule has 0 amide bonds. The number of carbonyl (C=O) groups is 1. The van der Waals surface area contributed by atoms with Crippen LogP contribution in [0, 0.1) is 5.92 Å². The Hall–Kier alpha value is -0.610. The van der Waals surface area contributed by atoms with E-state index < -0.39 is 0 Å². The molecule has 1 aliphatic rings. The number of ether oxygens (including phenoxy) is 3. The lowest BCUT2D eigenvalue weighted by Crippen LogP contribution is -2.25. The minimum atomic E-state index is -0.167. The van der Waals surface area contributed by atoms with E-state index in [2.05, 4.69) is 4.74 Å². The molecule has 1 saturated heterocycles. The van der Waals surface area contributed by atoms with Crippen LogP contribution < -0.4 is 0 Å². The van der Waals surface area contributed by atoms with Crippen LogP contribution in [0.4, 0.5) is 0 Å². The van der Waals surface area contributed by atoms with Crippen molar-refractivity contribution < 1.29 is 19.0 Å². The lowest BCUT2D eigenvalue weighted by atomic mass is 10.0. The predicted octanol–water partition coefficient (Wildman–Crippen LogP) is 0.560.